The van der Waals surface area contributed by atoms with Gasteiger partial charge in [-0.1, -0.05) is 34.5 Å². The van der Waals surface area contributed by atoms with E-state index in [1.165, 1.54) is 13.2 Å². The monoisotopic (exact) mass is 538 g/mol. The zero-order valence-corrected chi connectivity index (χ0v) is 20.5. The van der Waals surface area contributed by atoms with Gasteiger partial charge in [-0.05, 0) is 60.7 Å². The Balaban J connectivity index is 1.73. The number of methoxy groups -OCH3 is 1. The van der Waals surface area contributed by atoms with Gasteiger partial charge in [0.1, 0.15) is 18.0 Å². The molecule has 1 aliphatic rings. The highest BCUT2D eigenvalue weighted by atomic mass is 79.9. The molecule has 1 saturated heterocycles. The van der Waals surface area contributed by atoms with Crippen LogP contribution in [0.15, 0.2) is 45.8 Å². The van der Waals surface area contributed by atoms with E-state index in [9.17, 15) is 14.4 Å². The molecule has 1 N–H and O–H groups in total. The van der Waals surface area contributed by atoms with E-state index in [0.29, 0.717) is 34.4 Å². The topological polar surface area (TPSA) is 84.9 Å². The van der Waals surface area contributed by atoms with Gasteiger partial charge in [0.15, 0.2) is 0 Å². The van der Waals surface area contributed by atoms with Crippen molar-refractivity contribution in [2.45, 2.75) is 13.3 Å². The van der Waals surface area contributed by atoms with E-state index < -0.39 is 23.6 Å². The molecule has 0 saturated carbocycles. The van der Waals surface area contributed by atoms with Crippen LogP contribution in [-0.4, -0.2) is 42.2 Å². The molecule has 1 fully saturated rings. The number of hydrogen-bond acceptors (Lipinski definition) is 6. The van der Waals surface area contributed by atoms with Crippen LogP contribution in [0.1, 0.15) is 18.9 Å². The van der Waals surface area contributed by atoms with Crippen molar-refractivity contribution in [3.8, 4) is 11.5 Å². The maximum Gasteiger partial charge on any atom is 0.294 e. The molecule has 0 bridgehead atoms. The second kappa shape index (κ2) is 10.9. The average molecular weight is 540 g/mol. The largest absolute Gasteiger partial charge is 0.495 e. The zero-order valence-electron chi connectivity index (χ0n) is 17.3. The van der Waals surface area contributed by atoms with E-state index in [0.717, 1.165) is 27.6 Å². The van der Waals surface area contributed by atoms with Crippen LogP contribution in [0.4, 0.5) is 10.5 Å². The summed E-state index contributed by atoms with van der Waals surface area (Å²) in [6, 6.07) is 10.2. The van der Waals surface area contributed by atoms with Crippen LogP contribution >= 0.6 is 39.3 Å². The molecule has 0 aliphatic carbocycles. The minimum absolute atomic E-state index is 0.217. The predicted molar refractivity (Wildman–Crippen MR) is 129 cm³/mol. The normalized spacial score (nSPS) is 14.8. The summed E-state index contributed by atoms with van der Waals surface area (Å²) in [6.45, 7) is 2.11. The molecule has 10 heteroatoms. The second-order valence-electron chi connectivity index (χ2n) is 6.70. The second-order valence-corrected chi connectivity index (χ2v) is 9.01. The fourth-order valence-electron chi connectivity index (χ4n) is 2.84. The lowest BCUT2D eigenvalue weighted by Gasteiger charge is -2.13. The third kappa shape index (κ3) is 5.85. The molecule has 3 rings (SSSR count). The molecular formula is C22H20BrClN2O5S. The first-order valence-corrected chi connectivity index (χ1v) is 11.6. The quantitative estimate of drug-likeness (QED) is 0.441. The summed E-state index contributed by atoms with van der Waals surface area (Å²) < 4.78 is 11.6. The lowest BCUT2D eigenvalue weighted by Crippen LogP contribution is -2.36. The van der Waals surface area contributed by atoms with E-state index in [2.05, 4.69) is 21.2 Å². The lowest BCUT2D eigenvalue weighted by atomic mass is 10.2. The van der Waals surface area contributed by atoms with Crippen molar-refractivity contribution in [1.29, 1.82) is 0 Å². The number of imide groups is 1. The van der Waals surface area contributed by atoms with Crippen LogP contribution in [-0.2, 0) is 9.59 Å². The van der Waals surface area contributed by atoms with Crippen molar-refractivity contribution in [3.63, 3.8) is 0 Å². The van der Waals surface area contributed by atoms with E-state index in [-0.39, 0.29) is 4.91 Å². The highest BCUT2D eigenvalue weighted by Crippen LogP contribution is 2.35. The molecule has 32 heavy (non-hydrogen) atoms. The summed E-state index contributed by atoms with van der Waals surface area (Å²) in [5, 5.41) is 2.44. The Labute approximate surface area is 203 Å². The first-order chi connectivity index (χ1) is 15.3. The summed E-state index contributed by atoms with van der Waals surface area (Å²) in [4.78, 5) is 38.7. The number of carbonyl (C=O) groups excluding carboxylic acids is 3. The standard InChI is InChI=1S/C22H20BrClN2O5S/c1-3-8-31-17-6-4-14(23)9-13(17)10-19-21(28)26(22(29)32-19)12-20(27)25-15-5-7-18(30-2)16(24)11-15/h4-7,9-11H,3,8,12H2,1-2H3,(H,25,27)/b19-10+. The Bertz CT molecular complexity index is 1090. The van der Waals surface area contributed by atoms with Gasteiger partial charge in [-0.2, -0.15) is 0 Å². The van der Waals surface area contributed by atoms with E-state index in [1.54, 1.807) is 30.3 Å². The Morgan fingerprint density at radius 3 is 2.66 bits per heavy atom. The molecule has 1 heterocycles. The molecule has 3 amide bonds. The highest BCUT2D eigenvalue weighted by Gasteiger charge is 2.36. The molecule has 0 aromatic heterocycles. The molecule has 2 aromatic rings. The molecule has 7 nitrogen and oxygen atoms in total. The van der Waals surface area contributed by atoms with Crippen molar-refractivity contribution in [3.05, 3.63) is 56.4 Å². The molecule has 1 aliphatic heterocycles. The van der Waals surface area contributed by atoms with E-state index in [4.69, 9.17) is 21.1 Å². The van der Waals surface area contributed by atoms with Gasteiger partial charge in [0, 0.05) is 15.7 Å². The Kier molecular flexibility index (Phi) is 8.22. The number of ether oxygens (including phenoxy) is 2. The third-order valence-electron chi connectivity index (χ3n) is 4.33. The first kappa shape index (κ1) is 24.2. The van der Waals surface area contributed by atoms with Gasteiger partial charge in [-0.15, -0.1) is 0 Å². The van der Waals surface area contributed by atoms with Gasteiger partial charge in [0.2, 0.25) is 5.91 Å². The van der Waals surface area contributed by atoms with Gasteiger partial charge >= 0.3 is 0 Å². The maximum absolute atomic E-state index is 12.8. The summed E-state index contributed by atoms with van der Waals surface area (Å²) in [6.07, 6.45) is 2.43. The Hall–Kier alpha value is -2.49. The SMILES string of the molecule is CCCOc1ccc(Br)cc1/C=C1/SC(=O)N(CC(=O)Nc2ccc(OC)c(Cl)c2)C1=O. The number of benzene rings is 2. The molecule has 0 radical (unpaired) electrons. The minimum Gasteiger partial charge on any atom is -0.495 e. The van der Waals surface area contributed by atoms with E-state index in [1.807, 2.05) is 13.0 Å². The molecule has 2 aromatic carbocycles. The average Bonchev–Trinajstić information content (AvgIpc) is 3.00. The van der Waals surface area contributed by atoms with Gasteiger partial charge in [-0.25, -0.2) is 0 Å². The van der Waals surface area contributed by atoms with Crippen LogP contribution in [0.5, 0.6) is 11.5 Å². The molecule has 0 unspecified atom stereocenters. The van der Waals surface area contributed by atoms with Crippen LogP contribution in [0, 0.1) is 0 Å². The summed E-state index contributed by atoms with van der Waals surface area (Å²) >= 11 is 10.2. The summed E-state index contributed by atoms with van der Waals surface area (Å²) in [5.74, 6) is 0.0140. The van der Waals surface area contributed by atoms with Gasteiger partial charge < -0.3 is 14.8 Å². The van der Waals surface area contributed by atoms with Crippen molar-refractivity contribution in [2.75, 3.05) is 25.6 Å². The molecular weight excluding hydrogens is 520 g/mol. The Morgan fingerprint density at radius 2 is 1.97 bits per heavy atom. The number of nitrogens with one attached hydrogen (secondary N) is 1. The van der Waals surface area contributed by atoms with Crippen LogP contribution in [0.25, 0.3) is 6.08 Å². The van der Waals surface area contributed by atoms with Gasteiger partial charge in [-0.3, -0.25) is 19.3 Å². The Morgan fingerprint density at radius 1 is 1.22 bits per heavy atom. The van der Waals surface area contributed by atoms with Gasteiger partial charge in [0.05, 0.1) is 23.6 Å². The van der Waals surface area contributed by atoms with Crippen molar-refractivity contribution >= 4 is 68.1 Å². The molecule has 0 atom stereocenters. The van der Waals surface area contributed by atoms with E-state index >= 15 is 0 Å². The van der Waals surface area contributed by atoms with Gasteiger partial charge in [0.25, 0.3) is 11.1 Å². The lowest BCUT2D eigenvalue weighted by molar-refractivity contribution is -0.127. The number of anilines is 1. The maximum atomic E-state index is 12.8. The summed E-state index contributed by atoms with van der Waals surface area (Å²) in [5.41, 5.74) is 1.09. The first-order valence-electron chi connectivity index (χ1n) is 9.63. The number of amides is 3. The number of carbonyl (C=O) groups is 3. The fraction of sp³-hybridized carbons (Fsp3) is 0.227. The zero-order chi connectivity index (χ0) is 23.3. The number of rotatable bonds is 8. The molecule has 168 valence electrons. The minimum atomic E-state index is -0.538. The number of halogens is 2. The van der Waals surface area contributed by atoms with Crippen molar-refractivity contribution in [2.24, 2.45) is 0 Å². The van der Waals surface area contributed by atoms with Crippen LogP contribution in [0.2, 0.25) is 5.02 Å². The number of hydrogen-bond donors (Lipinski definition) is 1. The third-order valence-corrected chi connectivity index (χ3v) is 6.03. The molecule has 0 spiro atoms. The number of thioether (sulfide) groups is 1. The highest BCUT2D eigenvalue weighted by molar-refractivity contribution is 9.10. The summed E-state index contributed by atoms with van der Waals surface area (Å²) in [7, 11) is 1.49. The smallest absolute Gasteiger partial charge is 0.294 e. The van der Waals surface area contributed by atoms with Crippen molar-refractivity contribution in [1.82, 2.24) is 4.90 Å². The number of nitrogens with zero attached hydrogens (tertiary/aromatic N) is 1. The van der Waals surface area contributed by atoms with Crippen LogP contribution in [0.3, 0.4) is 0 Å². The van der Waals surface area contributed by atoms with Crippen molar-refractivity contribution < 1.29 is 23.9 Å². The fourth-order valence-corrected chi connectivity index (χ4v) is 4.31. The predicted octanol–water partition coefficient (Wildman–Crippen LogP) is 5.57. The van der Waals surface area contributed by atoms with Crippen LogP contribution < -0.4 is 14.8 Å².